The van der Waals surface area contributed by atoms with E-state index < -0.39 is 0 Å². The molecule has 0 saturated carbocycles. The third-order valence-electron chi connectivity index (χ3n) is 1.77. The van der Waals surface area contributed by atoms with E-state index >= 15 is 0 Å². The largest absolute Gasteiger partial charge is 0.495 e. The SMILES string of the molecule is COc1cc(C#CCN=[N+]=[N-])ccc1C#N. The van der Waals surface area contributed by atoms with E-state index in [0.29, 0.717) is 16.9 Å². The van der Waals surface area contributed by atoms with E-state index in [0.717, 1.165) is 0 Å². The Labute approximate surface area is 92.9 Å². The Hall–Kier alpha value is -2.62. The Bertz CT molecular complexity index is 527. The average Bonchev–Trinajstić information content (AvgIpc) is 2.34. The van der Waals surface area contributed by atoms with E-state index in [1.54, 1.807) is 18.2 Å². The first-order valence-corrected chi connectivity index (χ1v) is 4.39. The van der Waals surface area contributed by atoms with Gasteiger partial charge in [0, 0.05) is 10.5 Å². The summed E-state index contributed by atoms with van der Waals surface area (Å²) in [4.78, 5) is 2.58. The van der Waals surface area contributed by atoms with Crippen LogP contribution in [0.4, 0.5) is 0 Å². The summed E-state index contributed by atoms with van der Waals surface area (Å²) in [6.07, 6.45) is 0. The van der Waals surface area contributed by atoms with Crippen LogP contribution in [0.15, 0.2) is 23.3 Å². The first-order valence-electron chi connectivity index (χ1n) is 4.39. The predicted molar refractivity (Wildman–Crippen MR) is 58.6 cm³/mol. The third-order valence-corrected chi connectivity index (χ3v) is 1.77. The summed E-state index contributed by atoms with van der Waals surface area (Å²) in [6.45, 7) is 0.124. The van der Waals surface area contributed by atoms with Gasteiger partial charge in [-0.1, -0.05) is 17.0 Å². The molecule has 0 radical (unpaired) electrons. The molecule has 0 heterocycles. The number of azide groups is 1. The van der Waals surface area contributed by atoms with E-state index in [4.69, 9.17) is 15.5 Å². The predicted octanol–water partition coefficient (Wildman–Crippen LogP) is 2.23. The van der Waals surface area contributed by atoms with E-state index in [1.165, 1.54) is 7.11 Å². The van der Waals surface area contributed by atoms with Gasteiger partial charge in [-0.2, -0.15) is 5.26 Å². The van der Waals surface area contributed by atoms with Crippen LogP contribution in [0.3, 0.4) is 0 Å². The fraction of sp³-hybridized carbons (Fsp3) is 0.182. The van der Waals surface area contributed by atoms with Crippen LogP contribution in [0.5, 0.6) is 5.75 Å². The molecule has 1 rings (SSSR count). The van der Waals surface area contributed by atoms with Gasteiger partial charge in [-0.15, -0.1) is 0 Å². The molecule has 0 atom stereocenters. The first-order chi connectivity index (χ1) is 7.81. The lowest BCUT2D eigenvalue weighted by Gasteiger charge is -2.01. The van der Waals surface area contributed by atoms with Crippen LogP contribution < -0.4 is 4.74 Å². The molecule has 0 unspecified atom stereocenters. The van der Waals surface area contributed by atoms with Crippen LogP contribution in [0.2, 0.25) is 0 Å². The summed E-state index contributed by atoms with van der Waals surface area (Å²) >= 11 is 0. The van der Waals surface area contributed by atoms with Crippen LogP contribution >= 0.6 is 0 Å². The molecular formula is C11H8N4O. The maximum Gasteiger partial charge on any atom is 0.137 e. The van der Waals surface area contributed by atoms with Crippen LogP contribution in [0, 0.1) is 23.2 Å². The van der Waals surface area contributed by atoms with Gasteiger partial charge in [0.1, 0.15) is 11.8 Å². The molecule has 0 bridgehead atoms. The molecule has 0 spiro atoms. The number of nitriles is 1. The van der Waals surface area contributed by atoms with E-state index in [-0.39, 0.29) is 6.54 Å². The average molecular weight is 212 g/mol. The molecule has 0 amide bonds. The smallest absolute Gasteiger partial charge is 0.137 e. The third kappa shape index (κ3) is 2.95. The molecule has 0 aliphatic carbocycles. The van der Waals surface area contributed by atoms with Gasteiger partial charge in [0.15, 0.2) is 0 Å². The molecule has 5 heteroatoms. The van der Waals surface area contributed by atoms with Crippen molar-refractivity contribution in [1.82, 2.24) is 0 Å². The fourth-order valence-corrected chi connectivity index (χ4v) is 1.07. The lowest BCUT2D eigenvalue weighted by molar-refractivity contribution is 0.413. The topological polar surface area (TPSA) is 81.8 Å². The lowest BCUT2D eigenvalue weighted by Crippen LogP contribution is -1.88. The Morgan fingerprint density at radius 3 is 3.00 bits per heavy atom. The Morgan fingerprint density at radius 1 is 1.56 bits per heavy atom. The molecule has 5 nitrogen and oxygen atoms in total. The zero-order valence-electron chi connectivity index (χ0n) is 8.64. The van der Waals surface area contributed by atoms with Crippen molar-refractivity contribution < 1.29 is 4.74 Å². The van der Waals surface area contributed by atoms with Crippen molar-refractivity contribution in [2.75, 3.05) is 13.7 Å². The number of benzene rings is 1. The molecule has 1 aromatic rings. The minimum Gasteiger partial charge on any atom is -0.495 e. The molecule has 0 aromatic heterocycles. The van der Waals surface area contributed by atoms with Crippen molar-refractivity contribution in [2.24, 2.45) is 5.11 Å². The highest BCUT2D eigenvalue weighted by Crippen LogP contribution is 2.18. The van der Waals surface area contributed by atoms with Crippen molar-refractivity contribution >= 4 is 0 Å². The minimum absolute atomic E-state index is 0.124. The van der Waals surface area contributed by atoms with Crippen molar-refractivity contribution in [3.05, 3.63) is 39.8 Å². The number of nitrogens with zero attached hydrogens (tertiary/aromatic N) is 4. The van der Waals surface area contributed by atoms with E-state index in [2.05, 4.69) is 21.9 Å². The summed E-state index contributed by atoms with van der Waals surface area (Å²) in [5.74, 6) is 5.97. The second-order valence-electron chi connectivity index (χ2n) is 2.72. The summed E-state index contributed by atoms with van der Waals surface area (Å²) in [6, 6.07) is 7.03. The van der Waals surface area contributed by atoms with Gasteiger partial charge in [-0.25, -0.2) is 0 Å². The van der Waals surface area contributed by atoms with Crippen molar-refractivity contribution in [3.8, 4) is 23.7 Å². The number of methoxy groups -OCH3 is 1. The number of hydrogen-bond donors (Lipinski definition) is 0. The van der Waals surface area contributed by atoms with Crippen molar-refractivity contribution in [2.45, 2.75) is 0 Å². The Kier molecular flexibility index (Phi) is 4.28. The lowest BCUT2D eigenvalue weighted by atomic mass is 10.1. The molecule has 0 fully saturated rings. The zero-order valence-corrected chi connectivity index (χ0v) is 8.64. The Morgan fingerprint density at radius 2 is 2.38 bits per heavy atom. The number of rotatable bonds is 2. The monoisotopic (exact) mass is 212 g/mol. The molecule has 0 aliphatic rings. The van der Waals surface area contributed by atoms with Crippen LogP contribution in [0.1, 0.15) is 11.1 Å². The quantitative estimate of drug-likeness (QED) is 0.326. The highest BCUT2D eigenvalue weighted by Gasteiger charge is 2.01. The molecule has 16 heavy (non-hydrogen) atoms. The van der Waals surface area contributed by atoms with E-state index in [9.17, 15) is 0 Å². The van der Waals surface area contributed by atoms with Gasteiger partial charge >= 0.3 is 0 Å². The normalized spacial score (nSPS) is 8.00. The standard InChI is InChI=1S/C11H8N4O/c1-16-11-7-9(3-2-6-14-15-13)4-5-10(11)8-12/h4-5,7H,6H2,1H3. The van der Waals surface area contributed by atoms with Crippen LogP contribution in [-0.2, 0) is 0 Å². The molecule has 0 N–H and O–H groups in total. The molecule has 78 valence electrons. The number of ether oxygens (including phenoxy) is 1. The van der Waals surface area contributed by atoms with Gasteiger partial charge < -0.3 is 4.74 Å². The van der Waals surface area contributed by atoms with Gasteiger partial charge in [0.25, 0.3) is 0 Å². The fourth-order valence-electron chi connectivity index (χ4n) is 1.07. The summed E-state index contributed by atoms with van der Waals surface area (Å²) < 4.78 is 5.03. The second kappa shape index (κ2) is 5.98. The van der Waals surface area contributed by atoms with Gasteiger partial charge in [-0.05, 0) is 23.7 Å². The van der Waals surface area contributed by atoms with Crippen molar-refractivity contribution in [1.29, 1.82) is 5.26 Å². The summed E-state index contributed by atoms with van der Waals surface area (Å²) in [5, 5.41) is 12.1. The highest BCUT2D eigenvalue weighted by atomic mass is 16.5. The van der Waals surface area contributed by atoms with Gasteiger partial charge in [-0.3, -0.25) is 0 Å². The molecule has 0 aliphatic heterocycles. The Balaban J connectivity index is 2.94. The zero-order chi connectivity index (χ0) is 11.8. The van der Waals surface area contributed by atoms with E-state index in [1.807, 2.05) is 6.07 Å². The second-order valence-corrected chi connectivity index (χ2v) is 2.72. The van der Waals surface area contributed by atoms with Crippen LogP contribution in [-0.4, -0.2) is 13.7 Å². The van der Waals surface area contributed by atoms with Crippen molar-refractivity contribution in [3.63, 3.8) is 0 Å². The summed E-state index contributed by atoms with van der Waals surface area (Å²) in [5.41, 5.74) is 9.22. The minimum atomic E-state index is 0.124. The number of hydrogen-bond acceptors (Lipinski definition) is 3. The van der Waals surface area contributed by atoms with Crippen LogP contribution in [0.25, 0.3) is 10.4 Å². The molecule has 0 saturated heterocycles. The molecule has 1 aromatic carbocycles. The first kappa shape index (κ1) is 11.5. The highest BCUT2D eigenvalue weighted by molar-refractivity contribution is 5.49. The molecular weight excluding hydrogens is 204 g/mol. The maximum atomic E-state index is 8.77. The summed E-state index contributed by atoms with van der Waals surface area (Å²) in [7, 11) is 1.49. The maximum absolute atomic E-state index is 8.77. The van der Waals surface area contributed by atoms with Gasteiger partial charge in [0.05, 0.1) is 19.2 Å². The van der Waals surface area contributed by atoms with Gasteiger partial charge in [0.2, 0.25) is 0 Å².